The van der Waals surface area contributed by atoms with Crippen molar-refractivity contribution in [3.8, 4) is 0 Å². The maximum absolute atomic E-state index is 10.5. The highest BCUT2D eigenvalue weighted by Gasteiger charge is 2.36. The van der Waals surface area contributed by atoms with Crippen LogP contribution in [0.15, 0.2) is 33.8 Å². The maximum Gasteiger partial charge on any atom is 0.235 e. The Morgan fingerprint density at radius 3 is 2.62 bits per heavy atom. The molecule has 84 valence electrons. The van der Waals surface area contributed by atoms with Gasteiger partial charge in [0.25, 0.3) is 0 Å². The quantitative estimate of drug-likeness (QED) is 0.535. The number of hydrogen-bond donors (Lipinski definition) is 0. The van der Waals surface area contributed by atoms with Crippen LogP contribution >= 0.6 is 0 Å². The standard InChI is InChI=1S/C12H14N2O2/c1-3-10-5-6-12(4-2,14-9-16)11(7-10)13-8-15/h5-7,11H,3-4H2,1-2H3. The minimum Gasteiger partial charge on any atom is -0.211 e. The van der Waals surface area contributed by atoms with E-state index in [2.05, 4.69) is 9.98 Å². The highest BCUT2D eigenvalue weighted by atomic mass is 16.1. The summed E-state index contributed by atoms with van der Waals surface area (Å²) < 4.78 is 0. The van der Waals surface area contributed by atoms with Gasteiger partial charge < -0.3 is 0 Å². The maximum atomic E-state index is 10.5. The summed E-state index contributed by atoms with van der Waals surface area (Å²) in [5.74, 6) is 0. The van der Waals surface area contributed by atoms with Gasteiger partial charge >= 0.3 is 0 Å². The Kier molecular flexibility index (Phi) is 4.12. The normalized spacial score (nSPS) is 27.6. The van der Waals surface area contributed by atoms with Crippen LogP contribution in [0, 0.1) is 0 Å². The van der Waals surface area contributed by atoms with E-state index >= 15 is 0 Å². The second-order valence-corrected chi connectivity index (χ2v) is 3.64. The van der Waals surface area contributed by atoms with Crippen LogP contribution in [0.2, 0.25) is 0 Å². The van der Waals surface area contributed by atoms with Gasteiger partial charge in [-0.25, -0.2) is 9.59 Å². The van der Waals surface area contributed by atoms with E-state index in [0.29, 0.717) is 6.42 Å². The number of allylic oxidation sites excluding steroid dienone is 2. The van der Waals surface area contributed by atoms with Crippen LogP contribution in [0.3, 0.4) is 0 Å². The van der Waals surface area contributed by atoms with Gasteiger partial charge in [0.2, 0.25) is 12.2 Å². The molecule has 0 amide bonds. The van der Waals surface area contributed by atoms with Gasteiger partial charge in [-0.15, -0.1) is 0 Å². The fourth-order valence-corrected chi connectivity index (χ4v) is 1.79. The number of carbonyl (C=O) groups excluding carboxylic acids is 2. The third-order valence-electron chi connectivity index (χ3n) is 2.89. The molecule has 2 atom stereocenters. The average molecular weight is 218 g/mol. The van der Waals surface area contributed by atoms with Crippen LogP contribution < -0.4 is 0 Å². The Bertz CT molecular complexity index is 413. The molecule has 0 aromatic rings. The van der Waals surface area contributed by atoms with Gasteiger partial charge in [0.05, 0.1) is 0 Å². The minimum atomic E-state index is -0.766. The summed E-state index contributed by atoms with van der Waals surface area (Å²) in [4.78, 5) is 28.4. The molecule has 4 nitrogen and oxygen atoms in total. The summed E-state index contributed by atoms with van der Waals surface area (Å²) in [5.41, 5.74) is 0.312. The zero-order valence-corrected chi connectivity index (χ0v) is 9.43. The summed E-state index contributed by atoms with van der Waals surface area (Å²) >= 11 is 0. The van der Waals surface area contributed by atoms with Gasteiger partial charge in [-0.2, -0.15) is 9.98 Å². The molecule has 16 heavy (non-hydrogen) atoms. The molecule has 0 aromatic carbocycles. The lowest BCUT2D eigenvalue weighted by Gasteiger charge is -2.30. The van der Waals surface area contributed by atoms with Crippen molar-refractivity contribution in [1.29, 1.82) is 0 Å². The summed E-state index contributed by atoms with van der Waals surface area (Å²) in [7, 11) is 0. The van der Waals surface area contributed by atoms with Gasteiger partial charge in [0, 0.05) is 0 Å². The van der Waals surface area contributed by atoms with Gasteiger partial charge in [-0.3, -0.25) is 0 Å². The third kappa shape index (κ3) is 2.25. The van der Waals surface area contributed by atoms with Crippen molar-refractivity contribution in [3.63, 3.8) is 0 Å². The molecule has 0 fully saturated rings. The van der Waals surface area contributed by atoms with E-state index in [4.69, 9.17) is 0 Å². The smallest absolute Gasteiger partial charge is 0.211 e. The van der Waals surface area contributed by atoms with Crippen molar-refractivity contribution in [2.45, 2.75) is 38.3 Å². The molecule has 0 aromatic heterocycles. The first-order valence-electron chi connectivity index (χ1n) is 5.28. The molecule has 4 heteroatoms. The minimum absolute atomic E-state index is 0.448. The van der Waals surface area contributed by atoms with Crippen molar-refractivity contribution < 1.29 is 9.59 Å². The van der Waals surface area contributed by atoms with Crippen molar-refractivity contribution in [2.75, 3.05) is 0 Å². The van der Waals surface area contributed by atoms with E-state index in [-0.39, 0.29) is 0 Å². The van der Waals surface area contributed by atoms with Gasteiger partial charge in [0.15, 0.2) is 0 Å². The van der Waals surface area contributed by atoms with Gasteiger partial charge in [0.1, 0.15) is 11.6 Å². The fraction of sp³-hybridized carbons (Fsp3) is 0.500. The topological polar surface area (TPSA) is 58.9 Å². The van der Waals surface area contributed by atoms with E-state index in [1.807, 2.05) is 32.1 Å². The first kappa shape index (κ1) is 12.3. The largest absolute Gasteiger partial charge is 0.235 e. The molecule has 1 aliphatic rings. The molecule has 0 aliphatic heterocycles. The first-order valence-corrected chi connectivity index (χ1v) is 5.28. The molecule has 1 rings (SSSR count). The van der Waals surface area contributed by atoms with E-state index in [1.54, 1.807) is 6.08 Å². The second-order valence-electron chi connectivity index (χ2n) is 3.64. The summed E-state index contributed by atoms with van der Waals surface area (Å²) in [6.45, 7) is 3.91. The van der Waals surface area contributed by atoms with E-state index in [1.165, 1.54) is 6.08 Å². The van der Waals surface area contributed by atoms with Crippen molar-refractivity contribution in [2.24, 2.45) is 9.98 Å². The lowest BCUT2D eigenvalue weighted by Crippen LogP contribution is -2.37. The number of isocyanates is 2. The molecule has 0 spiro atoms. The summed E-state index contributed by atoms with van der Waals surface area (Å²) in [6.07, 6.45) is 10.1. The van der Waals surface area contributed by atoms with Gasteiger partial charge in [-0.05, 0) is 12.8 Å². The number of hydrogen-bond acceptors (Lipinski definition) is 4. The van der Waals surface area contributed by atoms with E-state index < -0.39 is 11.6 Å². The first-order chi connectivity index (χ1) is 7.72. The summed E-state index contributed by atoms with van der Waals surface area (Å²) in [5, 5.41) is 0. The van der Waals surface area contributed by atoms with Crippen molar-refractivity contribution in [3.05, 3.63) is 23.8 Å². The van der Waals surface area contributed by atoms with Crippen LogP contribution in [0.1, 0.15) is 26.7 Å². The molecular weight excluding hydrogens is 204 g/mol. The molecule has 0 saturated heterocycles. The van der Waals surface area contributed by atoms with E-state index in [9.17, 15) is 9.59 Å². The lowest BCUT2D eigenvalue weighted by atomic mass is 9.82. The van der Waals surface area contributed by atoms with Crippen LogP contribution in [-0.2, 0) is 9.59 Å². The fourth-order valence-electron chi connectivity index (χ4n) is 1.79. The number of nitrogens with zero attached hydrogens (tertiary/aromatic N) is 2. The van der Waals surface area contributed by atoms with Crippen LogP contribution in [0.25, 0.3) is 0 Å². The molecule has 0 saturated carbocycles. The van der Waals surface area contributed by atoms with Gasteiger partial charge in [-0.1, -0.05) is 37.6 Å². The highest BCUT2D eigenvalue weighted by Crippen LogP contribution is 2.31. The molecule has 2 unspecified atom stereocenters. The second kappa shape index (κ2) is 5.36. The zero-order chi connectivity index (χ0) is 12.0. The van der Waals surface area contributed by atoms with Crippen molar-refractivity contribution in [1.82, 2.24) is 0 Å². The molecular formula is C12H14N2O2. The zero-order valence-electron chi connectivity index (χ0n) is 9.43. The molecule has 0 radical (unpaired) electrons. The van der Waals surface area contributed by atoms with Crippen LogP contribution in [0.5, 0.6) is 0 Å². The predicted octanol–water partition coefficient (Wildman–Crippen LogP) is 2.08. The molecule has 0 N–H and O–H groups in total. The Hall–Kier alpha value is -1.76. The highest BCUT2D eigenvalue weighted by molar-refractivity contribution is 5.45. The Morgan fingerprint density at radius 1 is 1.38 bits per heavy atom. The van der Waals surface area contributed by atoms with Crippen LogP contribution in [-0.4, -0.2) is 23.7 Å². The predicted molar refractivity (Wildman–Crippen MR) is 60.6 cm³/mol. The number of rotatable bonds is 4. The Labute approximate surface area is 94.5 Å². The monoisotopic (exact) mass is 218 g/mol. The Balaban J connectivity index is 3.20. The third-order valence-corrected chi connectivity index (χ3v) is 2.89. The van der Waals surface area contributed by atoms with E-state index in [0.717, 1.165) is 12.0 Å². The van der Waals surface area contributed by atoms with Crippen LogP contribution in [0.4, 0.5) is 0 Å². The lowest BCUT2D eigenvalue weighted by molar-refractivity contribution is 0.446. The molecule has 1 aliphatic carbocycles. The summed E-state index contributed by atoms with van der Waals surface area (Å²) in [6, 6.07) is -0.448. The SMILES string of the molecule is CCC1=CC(N=C=O)C(CC)(N=C=O)C=C1. The Morgan fingerprint density at radius 2 is 2.12 bits per heavy atom. The average Bonchev–Trinajstić information content (AvgIpc) is 2.32. The van der Waals surface area contributed by atoms with Crippen molar-refractivity contribution >= 4 is 12.2 Å². The number of aliphatic imine (C=N–C) groups is 2. The molecule has 0 bridgehead atoms. The molecule has 0 heterocycles.